The number of para-hydroxylation sites is 2. The van der Waals surface area contributed by atoms with Gasteiger partial charge >= 0.3 is 0 Å². The molecule has 0 aliphatic carbocycles. The summed E-state index contributed by atoms with van der Waals surface area (Å²) in [7, 11) is 0. The molecule has 3 aromatic rings. The monoisotopic (exact) mass is 501 g/mol. The van der Waals surface area contributed by atoms with E-state index in [2.05, 4.69) is 31.9 Å². The number of halogens is 1. The second-order valence-electron chi connectivity index (χ2n) is 7.83. The number of carbonyl (C=O) groups is 2. The highest BCUT2D eigenvalue weighted by Crippen LogP contribution is 2.39. The van der Waals surface area contributed by atoms with E-state index >= 15 is 0 Å². The molecule has 0 unspecified atom stereocenters. The first-order valence-electron chi connectivity index (χ1n) is 10.6. The van der Waals surface area contributed by atoms with Crippen molar-refractivity contribution in [1.29, 1.82) is 0 Å². The Morgan fingerprint density at radius 3 is 1.55 bits per heavy atom. The first-order chi connectivity index (χ1) is 15.9. The number of amides is 2. The molecule has 166 valence electrons. The van der Waals surface area contributed by atoms with Crippen LogP contribution in [0.15, 0.2) is 112 Å². The fraction of sp³-hybridized carbons (Fsp3) is 0.111. The highest BCUT2D eigenvalue weighted by molar-refractivity contribution is 9.10. The zero-order chi connectivity index (χ0) is 23.4. The van der Waals surface area contributed by atoms with Crippen molar-refractivity contribution in [2.24, 2.45) is 0 Å². The van der Waals surface area contributed by atoms with Gasteiger partial charge in [-0.05, 0) is 55.8 Å². The second-order valence-corrected chi connectivity index (χ2v) is 8.74. The predicted octanol–water partition coefficient (Wildman–Crippen LogP) is 5.96. The fourth-order valence-corrected chi connectivity index (χ4v) is 4.29. The van der Waals surface area contributed by atoms with E-state index in [9.17, 15) is 9.59 Å². The maximum absolute atomic E-state index is 13.5. The first-order valence-corrected chi connectivity index (χ1v) is 11.4. The van der Waals surface area contributed by atoms with E-state index in [-0.39, 0.29) is 11.8 Å². The molecule has 0 radical (unpaired) electrons. The molecule has 1 heterocycles. The molecular weight excluding hydrogens is 478 g/mol. The maximum Gasteiger partial charge on any atom is 0.254 e. The van der Waals surface area contributed by atoms with Crippen LogP contribution in [0.4, 0.5) is 11.4 Å². The molecule has 1 aliphatic rings. The molecule has 0 fully saturated rings. The Hall–Kier alpha value is -3.64. The van der Waals surface area contributed by atoms with Gasteiger partial charge in [-0.1, -0.05) is 64.5 Å². The first kappa shape index (κ1) is 22.6. The Labute approximate surface area is 201 Å². The van der Waals surface area contributed by atoms with Crippen LogP contribution in [0, 0.1) is 0 Å². The largest absolute Gasteiger partial charge is 0.362 e. The summed E-state index contributed by atoms with van der Waals surface area (Å²) < 4.78 is 0.923. The van der Waals surface area contributed by atoms with Crippen molar-refractivity contribution in [2.75, 3.05) is 10.6 Å². The quantitative estimate of drug-likeness (QED) is 0.403. The molecule has 3 aromatic carbocycles. The number of anilines is 2. The average molecular weight is 502 g/mol. The molecule has 0 saturated carbocycles. The fourth-order valence-electron chi connectivity index (χ4n) is 4.02. The topological polar surface area (TPSA) is 70.2 Å². The van der Waals surface area contributed by atoms with E-state index in [1.807, 2.05) is 98.8 Å². The van der Waals surface area contributed by atoms with Gasteiger partial charge in [-0.15, -0.1) is 0 Å². The average Bonchev–Trinajstić information content (AvgIpc) is 2.80. The van der Waals surface area contributed by atoms with Gasteiger partial charge in [0.1, 0.15) is 0 Å². The summed E-state index contributed by atoms with van der Waals surface area (Å²) in [5.41, 5.74) is 4.68. The molecule has 0 aromatic heterocycles. The number of benzene rings is 3. The van der Waals surface area contributed by atoms with Crippen molar-refractivity contribution < 1.29 is 9.59 Å². The molecule has 5 nitrogen and oxygen atoms in total. The van der Waals surface area contributed by atoms with Crippen LogP contribution in [-0.2, 0) is 9.59 Å². The normalized spacial score (nSPS) is 14.0. The molecule has 0 atom stereocenters. The zero-order valence-electron chi connectivity index (χ0n) is 18.4. The van der Waals surface area contributed by atoms with Crippen LogP contribution in [0.5, 0.6) is 0 Å². The number of hydrogen-bond acceptors (Lipinski definition) is 3. The lowest BCUT2D eigenvalue weighted by Gasteiger charge is -2.31. The van der Waals surface area contributed by atoms with E-state index in [4.69, 9.17) is 0 Å². The van der Waals surface area contributed by atoms with Gasteiger partial charge in [-0.2, -0.15) is 0 Å². The van der Waals surface area contributed by atoms with Crippen LogP contribution in [-0.4, -0.2) is 11.8 Å². The van der Waals surface area contributed by atoms with E-state index in [0.717, 1.165) is 10.0 Å². The lowest BCUT2D eigenvalue weighted by Crippen LogP contribution is -2.35. The molecule has 33 heavy (non-hydrogen) atoms. The molecule has 0 spiro atoms. The number of allylic oxidation sites excluding steroid dienone is 2. The van der Waals surface area contributed by atoms with Gasteiger partial charge in [0.15, 0.2) is 0 Å². The smallest absolute Gasteiger partial charge is 0.254 e. The lowest BCUT2D eigenvalue weighted by atomic mass is 9.79. The van der Waals surface area contributed by atoms with E-state index in [1.165, 1.54) is 0 Å². The molecular formula is C27H24BrN3O2. The molecule has 3 N–H and O–H groups in total. The van der Waals surface area contributed by atoms with Gasteiger partial charge in [0.05, 0.1) is 0 Å². The number of carbonyl (C=O) groups excluding carboxylic acids is 2. The van der Waals surface area contributed by atoms with Crippen molar-refractivity contribution in [3.63, 3.8) is 0 Å². The summed E-state index contributed by atoms with van der Waals surface area (Å²) in [5, 5.41) is 9.21. The number of rotatable bonds is 5. The van der Waals surface area contributed by atoms with Crippen molar-refractivity contribution in [3.05, 3.63) is 118 Å². The third-order valence-electron chi connectivity index (χ3n) is 5.52. The molecule has 4 rings (SSSR count). The van der Waals surface area contributed by atoms with Gasteiger partial charge in [-0.3, -0.25) is 9.59 Å². The molecule has 6 heteroatoms. The predicted molar refractivity (Wildman–Crippen MR) is 136 cm³/mol. The minimum absolute atomic E-state index is 0.253. The van der Waals surface area contributed by atoms with Gasteiger partial charge < -0.3 is 16.0 Å². The Bertz CT molecular complexity index is 1160. The number of dihydropyridines is 1. The summed E-state index contributed by atoms with van der Waals surface area (Å²) in [6, 6.07) is 26.3. The third kappa shape index (κ3) is 5.07. The molecule has 2 amide bonds. The van der Waals surface area contributed by atoms with Gasteiger partial charge in [-0.25, -0.2) is 0 Å². The van der Waals surface area contributed by atoms with Crippen molar-refractivity contribution in [3.8, 4) is 0 Å². The van der Waals surface area contributed by atoms with Crippen molar-refractivity contribution in [2.45, 2.75) is 19.8 Å². The standard InChI is InChI=1S/C27H24BrN3O2/c1-17-23(26(32)30-21-9-5-3-6-10-21)25(19-13-15-20(28)16-14-19)24(18(2)29-17)27(33)31-22-11-7-4-8-12-22/h3-16,25,29H,1-2H3,(H,30,32)(H,31,33). The van der Waals surface area contributed by atoms with E-state index in [0.29, 0.717) is 33.9 Å². The number of hydrogen-bond donors (Lipinski definition) is 3. The van der Waals surface area contributed by atoms with Crippen molar-refractivity contribution >= 4 is 39.1 Å². The maximum atomic E-state index is 13.5. The molecule has 0 saturated heterocycles. The summed E-state index contributed by atoms with van der Waals surface area (Å²) in [6.45, 7) is 3.72. The van der Waals surface area contributed by atoms with Gasteiger partial charge in [0.2, 0.25) is 0 Å². The highest BCUT2D eigenvalue weighted by Gasteiger charge is 2.36. The van der Waals surface area contributed by atoms with E-state index < -0.39 is 5.92 Å². The zero-order valence-corrected chi connectivity index (χ0v) is 19.9. The minimum atomic E-state index is -0.535. The molecule has 1 aliphatic heterocycles. The molecule has 0 bridgehead atoms. The Balaban J connectivity index is 1.76. The lowest BCUT2D eigenvalue weighted by molar-refractivity contribution is -0.113. The second kappa shape index (κ2) is 9.88. The SMILES string of the molecule is CC1=C(C(=O)Nc2ccccc2)C(c2ccc(Br)cc2)C(C(=O)Nc2ccccc2)=C(C)N1. The summed E-state index contributed by atoms with van der Waals surface area (Å²) >= 11 is 3.47. The van der Waals surface area contributed by atoms with Crippen LogP contribution in [0.3, 0.4) is 0 Å². The van der Waals surface area contributed by atoms with Crippen LogP contribution in [0.1, 0.15) is 25.3 Å². The van der Waals surface area contributed by atoms with Crippen molar-refractivity contribution in [1.82, 2.24) is 5.32 Å². The Morgan fingerprint density at radius 2 is 1.12 bits per heavy atom. The van der Waals surface area contributed by atoms with Gasteiger partial charge in [0.25, 0.3) is 11.8 Å². The van der Waals surface area contributed by atoms with Crippen LogP contribution < -0.4 is 16.0 Å². The highest BCUT2D eigenvalue weighted by atomic mass is 79.9. The van der Waals surface area contributed by atoms with Crippen LogP contribution in [0.2, 0.25) is 0 Å². The Kier molecular flexibility index (Phi) is 6.75. The number of nitrogens with one attached hydrogen (secondary N) is 3. The summed E-state index contributed by atoms with van der Waals surface area (Å²) in [6.07, 6.45) is 0. The van der Waals surface area contributed by atoms with Gasteiger partial charge in [0, 0.05) is 44.3 Å². The summed E-state index contributed by atoms with van der Waals surface area (Å²) in [4.78, 5) is 27.0. The van der Waals surface area contributed by atoms with Crippen LogP contribution in [0.25, 0.3) is 0 Å². The summed E-state index contributed by atoms with van der Waals surface area (Å²) in [5.74, 6) is -1.04. The Morgan fingerprint density at radius 1 is 0.697 bits per heavy atom. The third-order valence-corrected chi connectivity index (χ3v) is 6.04. The van der Waals surface area contributed by atoms with E-state index in [1.54, 1.807) is 0 Å². The van der Waals surface area contributed by atoms with Crippen LogP contribution >= 0.6 is 15.9 Å². The minimum Gasteiger partial charge on any atom is -0.362 e.